The lowest BCUT2D eigenvalue weighted by Gasteiger charge is -2.21. The summed E-state index contributed by atoms with van der Waals surface area (Å²) in [5, 5.41) is 2.04. The average molecular weight is 169 g/mol. The Balaban J connectivity index is 1.91. The molecule has 0 aliphatic heterocycles. The Labute approximate surface area is 76.9 Å². The summed E-state index contributed by atoms with van der Waals surface area (Å²) < 4.78 is 0. The van der Waals surface area contributed by atoms with Crippen LogP contribution in [0.25, 0.3) is 0 Å². The monoisotopic (exact) mass is 169 g/mol. The Morgan fingerprint density at radius 3 is 2.50 bits per heavy atom. The lowest BCUT2D eigenvalue weighted by Crippen LogP contribution is -2.76. The van der Waals surface area contributed by atoms with Gasteiger partial charge in [-0.25, -0.2) is 0 Å². The minimum absolute atomic E-state index is 1.07. The van der Waals surface area contributed by atoms with Gasteiger partial charge in [0.2, 0.25) is 0 Å². The van der Waals surface area contributed by atoms with Gasteiger partial charge in [0.25, 0.3) is 0 Å². The zero-order chi connectivity index (χ0) is 8.65. The molecule has 72 valence electrons. The lowest BCUT2D eigenvalue weighted by molar-refractivity contribution is -0.595. The minimum Gasteiger partial charge on any atom is -0.479 e. The Bertz CT molecular complexity index is 95.2. The molecular weight excluding hydrogens is 146 g/mol. The molecule has 1 rings (SSSR count). The van der Waals surface area contributed by atoms with Crippen LogP contribution in [-0.4, -0.2) is 6.54 Å². The van der Waals surface area contributed by atoms with Gasteiger partial charge < -0.3 is 5.32 Å². The molecule has 0 unspecified atom stereocenters. The molecule has 1 nitrogen and oxygen atoms in total. The van der Waals surface area contributed by atoms with Crippen LogP contribution in [0, 0.1) is 13.0 Å². The molecule has 0 atom stereocenters. The Kier molecular flexibility index (Phi) is 5.42. The molecule has 0 saturated heterocycles. The molecule has 0 aromatic rings. The summed E-state index contributed by atoms with van der Waals surface area (Å²) in [5.41, 5.74) is 0. The minimum atomic E-state index is 1.07. The first-order chi connectivity index (χ1) is 5.93. The summed E-state index contributed by atoms with van der Waals surface area (Å²) >= 11 is 0. The fourth-order valence-corrected chi connectivity index (χ4v) is 2.20. The van der Waals surface area contributed by atoms with E-state index in [-0.39, 0.29) is 0 Å². The quantitative estimate of drug-likeness (QED) is 0.479. The topological polar surface area (TPSA) is 16.6 Å². The standard InChI is InChI=1S/C11H23N/c1-12-10-6-5-9-11-7-3-2-4-8-11/h11H,1-10,12H2. The van der Waals surface area contributed by atoms with E-state index in [1.165, 1.54) is 57.9 Å². The highest BCUT2D eigenvalue weighted by molar-refractivity contribution is 4.65. The third-order valence-corrected chi connectivity index (χ3v) is 3.00. The molecule has 0 bridgehead atoms. The van der Waals surface area contributed by atoms with Crippen molar-refractivity contribution in [2.75, 3.05) is 6.54 Å². The number of hydrogen-bond donors (Lipinski definition) is 1. The summed E-state index contributed by atoms with van der Waals surface area (Å²) in [7, 11) is 3.75. The van der Waals surface area contributed by atoms with Crippen LogP contribution in [0.3, 0.4) is 0 Å². The third kappa shape index (κ3) is 4.10. The van der Waals surface area contributed by atoms with Crippen LogP contribution in [0.4, 0.5) is 0 Å². The van der Waals surface area contributed by atoms with Crippen LogP contribution in [0.1, 0.15) is 51.4 Å². The number of nitrogens with two attached hydrogens (primary N) is 1. The summed E-state index contributed by atoms with van der Waals surface area (Å²) in [4.78, 5) is 0. The van der Waals surface area contributed by atoms with Crippen molar-refractivity contribution in [1.82, 2.24) is 0 Å². The summed E-state index contributed by atoms with van der Waals surface area (Å²) in [6.45, 7) is 1.22. The highest BCUT2D eigenvalue weighted by atomic mass is 14.8. The van der Waals surface area contributed by atoms with Gasteiger partial charge in [0.1, 0.15) is 0 Å². The second-order valence-corrected chi connectivity index (χ2v) is 4.08. The van der Waals surface area contributed by atoms with Crippen LogP contribution in [0.5, 0.6) is 0 Å². The molecule has 0 radical (unpaired) electrons. The fraction of sp³-hybridized carbons (Fsp3) is 0.909. The Morgan fingerprint density at radius 2 is 1.83 bits per heavy atom. The van der Waals surface area contributed by atoms with E-state index in [2.05, 4.69) is 7.05 Å². The largest absolute Gasteiger partial charge is 0.479 e. The molecule has 0 heterocycles. The van der Waals surface area contributed by atoms with E-state index in [1.54, 1.807) is 0 Å². The van der Waals surface area contributed by atoms with E-state index < -0.39 is 0 Å². The van der Waals surface area contributed by atoms with Gasteiger partial charge in [-0.3, -0.25) is 0 Å². The van der Waals surface area contributed by atoms with E-state index in [0.29, 0.717) is 0 Å². The predicted octanol–water partition coefficient (Wildman–Crippen LogP) is 2.09. The smallest absolute Gasteiger partial charge is 0.0515 e. The van der Waals surface area contributed by atoms with E-state index in [4.69, 9.17) is 0 Å². The van der Waals surface area contributed by atoms with Gasteiger partial charge in [-0.1, -0.05) is 38.5 Å². The Morgan fingerprint density at radius 1 is 1.08 bits per heavy atom. The van der Waals surface area contributed by atoms with Crippen molar-refractivity contribution in [3.63, 3.8) is 0 Å². The van der Waals surface area contributed by atoms with Gasteiger partial charge in [-0.2, -0.15) is 7.05 Å². The predicted molar refractivity (Wildman–Crippen MR) is 52.6 cm³/mol. The highest BCUT2D eigenvalue weighted by Gasteiger charge is 2.12. The maximum atomic E-state index is 3.75. The molecule has 1 heteroatoms. The normalized spacial score (nSPS) is 19.8. The Hall–Kier alpha value is -0.0400. The van der Waals surface area contributed by atoms with Gasteiger partial charge in [0.05, 0.1) is 6.54 Å². The highest BCUT2D eigenvalue weighted by Crippen LogP contribution is 2.27. The van der Waals surface area contributed by atoms with Crippen molar-refractivity contribution in [2.45, 2.75) is 51.4 Å². The van der Waals surface area contributed by atoms with Crippen molar-refractivity contribution >= 4 is 0 Å². The molecule has 1 saturated carbocycles. The zero-order valence-electron chi connectivity index (χ0n) is 8.23. The van der Waals surface area contributed by atoms with Crippen LogP contribution in [0.15, 0.2) is 0 Å². The molecule has 1 fully saturated rings. The molecular formula is C11H23N. The van der Waals surface area contributed by atoms with E-state index in [1.807, 2.05) is 5.32 Å². The maximum absolute atomic E-state index is 3.75. The number of quaternary nitrogens is 1. The first-order valence-electron chi connectivity index (χ1n) is 5.54. The van der Waals surface area contributed by atoms with Crippen molar-refractivity contribution in [1.29, 1.82) is 0 Å². The van der Waals surface area contributed by atoms with Gasteiger partial charge >= 0.3 is 0 Å². The van der Waals surface area contributed by atoms with Crippen LogP contribution in [0.2, 0.25) is 0 Å². The van der Waals surface area contributed by atoms with Gasteiger partial charge in [-0.15, -0.1) is 0 Å². The fourth-order valence-electron chi connectivity index (χ4n) is 2.20. The first kappa shape index (κ1) is 10.0. The second-order valence-electron chi connectivity index (χ2n) is 4.08. The lowest BCUT2D eigenvalue weighted by atomic mass is 9.86. The van der Waals surface area contributed by atoms with Crippen LogP contribution < -0.4 is 5.32 Å². The van der Waals surface area contributed by atoms with Crippen molar-refractivity contribution in [3.05, 3.63) is 7.05 Å². The summed E-state index contributed by atoms with van der Waals surface area (Å²) in [6.07, 6.45) is 11.8. The number of hydrogen-bond acceptors (Lipinski definition) is 0. The molecule has 2 N–H and O–H groups in total. The average Bonchev–Trinajstić information content (AvgIpc) is 2.14. The van der Waals surface area contributed by atoms with Crippen LogP contribution >= 0.6 is 0 Å². The summed E-state index contributed by atoms with van der Waals surface area (Å²) in [5.74, 6) is 1.07. The van der Waals surface area contributed by atoms with Crippen molar-refractivity contribution < 1.29 is 5.32 Å². The maximum Gasteiger partial charge on any atom is 0.0515 e. The molecule has 12 heavy (non-hydrogen) atoms. The first-order valence-corrected chi connectivity index (χ1v) is 5.54. The molecule has 1 aliphatic carbocycles. The summed E-state index contributed by atoms with van der Waals surface area (Å²) in [6, 6.07) is 0. The van der Waals surface area contributed by atoms with Gasteiger partial charge in [-0.05, 0) is 18.8 Å². The third-order valence-electron chi connectivity index (χ3n) is 3.00. The van der Waals surface area contributed by atoms with Crippen LogP contribution in [-0.2, 0) is 0 Å². The van der Waals surface area contributed by atoms with Crippen molar-refractivity contribution in [3.8, 4) is 0 Å². The molecule has 1 aliphatic rings. The number of rotatable bonds is 5. The molecule has 0 aromatic carbocycles. The van der Waals surface area contributed by atoms with E-state index in [0.717, 1.165) is 5.92 Å². The zero-order valence-corrected chi connectivity index (χ0v) is 8.23. The van der Waals surface area contributed by atoms with E-state index in [9.17, 15) is 0 Å². The number of unbranched alkanes of at least 4 members (excludes halogenated alkanes) is 1. The molecule has 0 aromatic heterocycles. The van der Waals surface area contributed by atoms with Gasteiger partial charge in [0, 0.05) is 0 Å². The molecule has 0 spiro atoms. The second kappa shape index (κ2) is 6.47. The van der Waals surface area contributed by atoms with Crippen molar-refractivity contribution in [2.24, 2.45) is 5.92 Å². The SMILES string of the molecule is [CH2-][NH2+]CCCCC1CCCCC1. The van der Waals surface area contributed by atoms with Gasteiger partial charge in [0.15, 0.2) is 0 Å². The molecule has 0 amide bonds. The van der Waals surface area contributed by atoms with E-state index >= 15 is 0 Å².